The highest BCUT2D eigenvalue weighted by molar-refractivity contribution is 6.45. The summed E-state index contributed by atoms with van der Waals surface area (Å²) in [6, 6.07) is 7.08. The van der Waals surface area contributed by atoms with E-state index in [1.807, 2.05) is 6.07 Å². The fourth-order valence-corrected chi connectivity index (χ4v) is 3.99. The predicted octanol–water partition coefficient (Wildman–Crippen LogP) is 3.08. The number of nitrogens with one attached hydrogen (secondary N) is 3. The third-order valence-electron chi connectivity index (χ3n) is 5.59. The van der Waals surface area contributed by atoms with Crippen LogP contribution in [0.4, 0.5) is 4.79 Å². The van der Waals surface area contributed by atoms with Crippen molar-refractivity contribution in [3.63, 3.8) is 0 Å². The number of hydrogen-bond acceptors (Lipinski definition) is 7. The number of furan rings is 1. The van der Waals surface area contributed by atoms with E-state index in [2.05, 4.69) is 15.6 Å². The normalized spacial score (nSPS) is 14.1. The van der Waals surface area contributed by atoms with Gasteiger partial charge in [0, 0.05) is 37.9 Å². The van der Waals surface area contributed by atoms with Gasteiger partial charge in [-0.3, -0.25) is 9.59 Å². The van der Waals surface area contributed by atoms with Crippen LogP contribution in [0.5, 0.6) is 5.75 Å². The summed E-state index contributed by atoms with van der Waals surface area (Å²) in [4.78, 5) is 42.6. The van der Waals surface area contributed by atoms with Gasteiger partial charge in [0.25, 0.3) is 11.7 Å². The lowest BCUT2D eigenvalue weighted by Gasteiger charge is -2.26. The Balaban J connectivity index is 1.60. The van der Waals surface area contributed by atoms with Gasteiger partial charge in [0.05, 0.1) is 30.1 Å². The first kappa shape index (κ1) is 24.3. The van der Waals surface area contributed by atoms with E-state index in [1.165, 1.54) is 13.3 Å². The molecule has 0 saturated carbocycles. The maximum atomic E-state index is 13.1. The van der Waals surface area contributed by atoms with Gasteiger partial charge >= 0.3 is 6.09 Å². The van der Waals surface area contributed by atoms with Crippen molar-refractivity contribution >= 4 is 28.7 Å². The van der Waals surface area contributed by atoms with Crippen molar-refractivity contribution in [2.45, 2.75) is 32.9 Å². The number of nitrogens with zero attached hydrogens (tertiary/aromatic N) is 1. The second-order valence-electron chi connectivity index (χ2n) is 9.26. The Morgan fingerprint density at radius 3 is 2.54 bits per heavy atom. The minimum absolute atomic E-state index is 0.155. The Hall–Kier alpha value is -3.79. The molecule has 10 nitrogen and oxygen atoms in total. The van der Waals surface area contributed by atoms with Crippen LogP contribution < -0.4 is 15.4 Å². The molecule has 1 aliphatic rings. The van der Waals surface area contributed by atoms with Crippen LogP contribution in [0.2, 0.25) is 0 Å². The first-order valence-electron chi connectivity index (χ1n) is 11.5. The summed E-state index contributed by atoms with van der Waals surface area (Å²) in [6.45, 7) is 7.82. The molecular formula is C25H30N4O6. The van der Waals surface area contributed by atoms with Crippen LogP contribution in [0, 0.1) is 0 Å². The number of methoxy groups -OCH3 is 1. The Kier molecular flexibility index (Phi) is 6.83. The van der Waals surface area contributed by atoms with Crippen molar-refractivity contribution < 1.29 is 28.3 Å². The van der Waals surface area contributed by atoms with Crippen LogP contribution in [0.1, 0.15) is 36.9 Å². The smallest absolute Gasteiger partial charge is 0.408 e. The Labute approximate surface area is 202 Å². The average Bonchev–Trinajstić information content (AvgIpc) is 3.48. The quantitative estimate of drug-likeness (QED) is 0.364. The van der Waals surface area contributed by atoms with Gasteiger partial charge < -0.3 is 34.4 Å². The molecule has 3 N–H and O–H groups in total. The number of carbonyl (C=O) groups excluding carboxylic acids is 3. The Bertz CT molecular complexity index is 1250. The number of ketones is 1. The summed E-state index contributed by atoms with van der Waals surface area (Å²) < 4.78 is 16.7. The molecule has 186 valence electrons. The molecule has 1 fully saturated rings. The van der Waals surface area contributed by atoms with Crippen molar-refractivity contribution in [3.8, 4) is 17.1 Å². The van der Waals surface area contributed by atoms with E-state index in [0.29, 0.717) is 59.9 Å². The van der Waals surface area contributed by atoms with Gasteiger partial charge in [-0.2, -0.15) is 0 Å². The standard InChI is InChI=1S/C25H30N4O6/c1-25(2,3)35-24(32)28-13-15-5-7-18(34-15)16-6-8-19(33-4)20-17(14-27-21(16)20)22(30)23(31)29-11-9-26-10-12-29/h5-8,14,26-27H,9-13H2,1-4H3,(H,28,32). The topological polar surface area (TPSA) is 126 Å². The molecule has 10 heteroatoms. The highest BCUT2D eigenvalue weighted by Crippen LogP contribution is 2.37. The summed E-state index contributed by atoms with van der Waals surface area (Å²) in [7, 11) is 1.52. The molecular weight excluding hydrogens is 452 g/mol. The van der Waals surface area contributed by atoms with Crippen LogP contribution in [0.15, 0.2) is 34.9 Å². The van der Waals surface area contributed by atoms with Gasteiger partial charge in [0.1, 0.15) is 22.9 Å². The zero-order chi connectivity index (χ0) is 25.2. The zero-order valence-electron chi connectivity index (χ0n) is 20.3. The summed E-state index contributed by atoms with van der Waals surface area (Å²) in [6.07, 6.45) is 0.997. The van der Waals surface area contributed by atoms with Gasteiger partial charge in [-0.15, -0.1) is 0 Å². The SMILES string of the molecule is COc1ccc(-c2ccc(CNC(=O)OC(C)(C)C)o2)c2[nH]cc(C(=O)C(=O)N3CCNCC3)c12. The number of benzene rings is 1. The molecule has 3 heterocycles. The second kappa shape index (κ2) is 9.83. The van der Waals surface area contributed by atoms with E-state index in [0.717, 1.165) is 0 Å². The van der Waals surface area contributed by atoms with Crippen molar-refractivity contribution in [1.82, 2.24) is 20.5 Å². The Morgan fingerprint density at radius 1 is 1.11 bits per heavy atom. The summed E-state index contributed by atoms with van der Waals surface area (Å²) in [5.74, 6) is 0.419. The molecule has 2 aromatic heterocycles. The minimum Gasteiger partial charge on any atom is -0.496 e. The highest BCUT2D eigenvalue weighted by Gasteiger charge is 2.28. The number of alkyl carbamates (subject to hydrolysis) is 1. The molecule has 4 rings (SSSR count). The van der Waals surface area contributed by atoms with Gasteiger partial charge in [0.15, 0.2) is 0 Å². The van der Waals surface area contributed by atoms with Crippen LogP contribution in [0.25, 0.3) is 22.2 Å². The summed E-state index contributed by atoms with van der Waals surface area (Å²) >= 11 is 0. The molecule has 0 spiro atoms. The van der Waals surface area contributed by atoms with E-state index in [9.17, 15) is 14.4 Å². The van der Waals surface area contributed by atoms with Crippen LogP contribution >= 0.6 is 0 Å². The number of carbonyl (C=O) groups is 3. The lowest BCUT2D eigenvalue weighted by Crippen LogP contribution is -2.48. The number of Topliss-reactive ketones (excluding diaryl/α,β-unsaturated/α-hetero) is 1. The van der Waals surface area contributed by atoms with E-state index in [4.69, 9.17) is 13.9 Å². The number of H-pyrrole nitrogens is 1. The fraction of sp³-hybridized carbons (Fsp3) is 0.400. The lowest BCUT2D eigenvalue weighted by atomic mass is 10.0. The molecule has 1 saturated heterocycles. The van der Waals surface area contributed by atoms with Crippen molar-refractivity contribution in [3.05, 3.63) is 41.8 Å². The number of ether oxygens (including phenoxy) is 2. The van der Waals surface area contributed by atoms with Gasteiger partial charge in [0.2, 0.25) is 0 Å². The number of aromatic nitrogens is 1. The first-order valence-corrected chi connectivity index (χ1v) is 11.5. The number of hydrogen-bond donors (Lipinski definition) is 3. The molecule has 0 unspecified atom stereocenters. The van der Waals surface area contributed by atoms with E-state index in [1.54, 1.807) is 43.9 Å². The van der Waals surface area contributed by atoms with Crippen molar-refractivity contribution in [2.75, 3.05) is 33.3 Å². The molecule has 1 aromatic carbocycles. The third kappa shape index (κ3) is 5.32. The zero-order valence-corrected chi connectivity index (χ0v) is 20.3. The third-order valence-corrected chi connectivity index (χ3v) is 5.59. The van der Waals surface area contributed by atoms with Crippen molar-refractivity contribution in [2.24, 2.45) is 0 Å². The fourth-order valence-electron chi connectivity index (χ4n) is 3.99. The van der Waals surface area contributed by atoms with Crippen LogP contribution in [-0.2, 0) is 16.1 Å². The molecule has 0 radical (unpaired) electrons. The predicted molar refractivity (Wildman–Crippen MR) is 129 cm³/mol. The number of piperazine rings is 1. The van der Waals surface area contributed by atoms with Crippen molar-refractivity contribution in [1.29, 1.82) is 0 Å². The van der Waals surface area contributed by atoms with Crippen LogP contribution in [-0.4, -0.2) is 66.6 Å². The molecule has 35 heavy (non-hydrogen) atoms. The monoisotopic (exact) mass is 482 g/mol. The number of amides is 2. The number of aromatic amines is 1. The highest BCUT2D eigenvalue weighted by atomic mass is 16.6. The Morgan fingerprint density at radius 2 is 1.86 bits per heavy atom. The summed E-state index contributed by atoms with van der Waals surface area (Å²) in [5.41, 5.74) is 0.961. The van der Waals surface area contributed by atoms with Gasteiger partial charge in [-0.25, -0.2) is 4.79 Å². The molecule has 3 aromatic rings. The van der Waals surface area contributed by atoms with E-state index < -0.39 is 23.4 Å². The first-order chi connectivity index (χ1) is 16.7. The number of fused-ring (bicyclic) bond motifs is 1. The molecule has 0 aliphatic carbocycles. The second-order valence-corrected chi connectivity index (χ2v) is 9.26. The molecule has 1 aliphatic heterocycles. The number of rotatable bonds is 6. The maximum absolute atomic E-state index is 13.1. The van der Waals surface area contributed by atoms with Gasteiger partial charge in [-0.1, -0.05) is 0 Å². The minimum atomic E-state index is -0.595. The maximum Gasteiger partial charge on any atom is 0.408 e. The van der Waals surface area contributed by atoms with E-state index in [-0.39, 0.29) is 12.1 Å². The molecule has 0 bridgehead atoms. The van der Waals surface area contributed by atoms with E-state index >= 15 is 0 Å². The van der Waals surface area contributed by atoms with Gasteiger partial charge in [-0.05, 0) is 45.0 Å². The lowest BCUT2D eigenvalue weighted by molar-refractivity contribution is -0.126. The largest absolute Gasteiger partial charge is 0.496 e. The summed E-state index contributed by atoms with van der Waals surface area (Å²) in [5, 5.41) is 6.35. The van der Waals surface area contributed by atoms with Crippen LogP contribution in [0.3, 0.4) is 0 Å². The average molecular weight is 483 g/mol. The molecule has 0 atom stereocenters. The molecule has 2 amide bonds.